The molecule has 0 unspecified atom stereocenters. The predicted octanol–water partition coefficient (Wildman–Crippen LogP) is 4.69. The third-order valence-corrected chi connectivity index (χ3v) is 3.41. The van der Waals surface area contributed by atoms with Gasteiger partial charge in [-0.1, -0.05) is 41.9 Å². The molecule has 2 nitrogen and oxygen atoms in total. The highest BCUT2D eigenvalue weighted by Crippen LogP contribution is 2.20. The lowest BCUT2D eigenvalue weighted by molar-refractivity contribution is 0.733. The van der Waals surface area contributed by atoms with Gasteiger partial charge >= 0.3 is 0 Å². The molecule has 0 aliphatic carbocycles. The van der Waals surface area contributed by atoms with E-state index in [1.165, 1.54) is 17.5 Å². The van der Waals surface area contributed by atoms with Crippen LogP contribution in [-0.2, 0) is 7.05 Å². The topological polar surface area (TPSA) is 17.8 Å². The number of hydrogen-bond donors (Lipinski definition) is 0. The van der Waals surface area contributed by atoms with Gasteiger partial charge in [0.25, 0.3) is 0 Å². The minimum Gasteiger partial charge on any atom is -0.276 e. The van der Waals surface area contributed by atoms with Crippen molar-refractivity contribution in [3.63, 3.8) is 0 Å². The van der Waals surface area contributed by atoms with E-state index in [-0.39, 0.29) is 0 Å². The quantitative estimate of drug-likeness (QED) is 0.787. The van der Waals surface area contributed by atoms with Crippen molar-refractivity contribution in [2.45, 2.75) is 33.1 Å². The Morgan fingerprint density at radius 1 is 1.28 bits per heavy atom. The van der Waals surface area contributed by atoms with E-state index in [0.29, 0.717) is 5.92 Å². The van der Waals surface area contributed by atoms with Gasteiger partial charge in [-0.2, -0.15) is 5.10 Å². The summed E-state index contributed by atoms with van der Waals surface area (Å²) in [6.45, 7) is 6.49. The molecule has 1 aromatic heterocycles. The highest BCUT2D eigenvalue weighted by atomic mass is 79.9. The van der Waals surface area contributed by atoms with Crippen LogP contribution < -0.4 is 0 Å². The second-order valence-electron chi connectivity index (χ2n) is 4.55. The second-order valence-corrected chi connectivity index (χ2v) is 5.47. The molecular formula is C15H21BrN2. The number of hydrogen-bond acceptors (Lipinski definition) is 1. The first kappa shape index (κ1) is 15.0. The minimum absolute atomic E-state index is 0.683. The number of nitrogens with zero attached hydrogens (tertiary/aromatic N) is 2. The van der Waals surface area contributed by atoms with Crippen molar-refractivity contribution in [3.8, 4) is 0 Å². The monoisotopic (exact) mass is 308 g/mol. The van der Waals surface area contributed by atoms with Crippen LogP contribution >= 0.6 is 15.9 Å². The van der Waals surface area contributed by atoms with Crippen LogP contribution in [0.1, 0.15) is 37.3 Å². The highest BCUT2D eigenvalue weighted by molar-refractivity contribution is 9.10. The third-order valence-electron chi connectivity index (χ3n) is 2.89. The van der Waals surface area contributed by atoms with Crippen molar-refractivity contribution in [2.24, 2.45) is 7.05 Å². The van der Waals surface area contributed by atoms with Crippen molar-refractivity contribution >= 4 is 15.9 Å². The summed E-state index contributed by atoms with van der Waals surface area (Å²) in [5, 5.41) is 3.93. The van der Waals surface area contributed by atoms with Crippen LogP contribution in [0.5, 0.6) is 0 Å². The molecule has 2 rings (SSSR count). The predicted molar refractivity (Wildman–Crippen MR) is 80.8 cm³/mol. The van der Waals surface area contributed by atoms with Gasteiger partial charge < -0.3 is 0 Å². The summed E-state index contributed by atoms with van der Waals surface area (Å²) in [4.78, 5) is 0. The van der Waals surface area contributed by atoms with Gasteiger partial charge in [0, 0.05) is 17.7 Å². The van der Waals surface area contributed by atoms with Crippen LogP contribution in [0.25, 0.3) is 0 Å². The van der Waals surface area contributed by atoms with Gasteiger partial charge in [-0.05, 0) is 42.5 Å². The summed E-state index contributed by atoms with van der Waals surface area (Å²) in [6.07, 6.45) is 5.02. The molecule has 98 valence electrons. The van der Waals surface area contributed by atoms with E-state index in [1.54, 1.807) is 4.68 Å². The van der Waals surface area contributed by atoms with Crippen molar-refractivity contribution < 1.29 is 0 Å². The first-order chi connectivity index (χ1) is 8.52. The van der Waals surface area contributed by atoms with Crippen LogP contribution in [0.3, 0.4) is 0 Å². The smallest absolute Gasteiger partial charge is 0.0518 e. The molecule has 1 heterocycles. The molecule has 2 aromatic rings. The first-order valence-corrected chi connectivity index (χ1v) is 7.03. The Morgan fingerprint density at radius 2 is 1.89 bits per heavy atom. The fourth-order valence-corrected chi connectivity index (χ4v) is 1.83. The van der Waals surface area contributed by atoms with E-state index in [0.717, 1.165) is 4.47 Å². The molecule has 0 radical (unpaired) electrons. The first-order valence-electron chi connectivity index (χ1n) is 6.23. The Hall–Kier alpha value is -1.09. The molecule has 0 aliphatic heterocycles. The lowest BCUT2D eigenvalue weighted by atomic mass is 9.99. The second kappa shape index (κ2) is 7.37. The van der Waals surface area contributed by atoms with Crippen LogP contribution in [0, 0.1) is 6.92 Å². The third kappa shape index (κ3) is 5.05. The lowest BCUT2D eigenvalue weighted by Gasteiger charge is -2.07. The van der Waals surface area contributed by atoms with E-state index in [2.05, 4.69) is 59.1 Å². The van der Waals surface area contributed by atoms with E-state index in [4.69, 9.17) is 0 Å². The molecule has 0 aliphatic rings. The Labute approximate surface area is 118 Å². The molecule has 0 saturated heterocycles. The maximum Gasteiger partial charge on any atom is 0.0518 e. The van der Waals surface area contributed by atoms with Gasteiger partial charge in [0.1, 0.15) is 0 Å². The molecule has 1 aromatic carbocycles. The standard InChI is InChI=1S/C10H13Br.C5H8N2/c1-3-8(2)9-4-6-10(11)7-5-9;1-5-3-6-7(2)4-5/h4-8H,3H2,1-2H3;3-4H,1-2H3/t8-;/m1./s1. The average molecular weight is 309 g/mol. The van der Waals surface area contributed by atoms with Crippen LogP contribution in [0.2, 0.25) is 0 Å². The van der Waals surface area contributed by atoms with Crippen molar-refractivity contribution in [1.82, 2.24) is 9.78 Å². The van der Waals surface area contributed by atoms with E-state index in [1.807, 2.05) is 26.4 Å². The van der Waals surface area contributed by atoms with Gasteiger partial charge in [0.15, 0.2) is 0 Å². The van der Waals surface area contributed by atoms with E-state index in [9.17, 15) is 0 Å². The molecule has 18 heavy (non-hydrogen) atoms. The number of halogens is 1. The van der Waals surface area contributed by atoms with Crippen LogP contribution in [-0.4, -0.2) is 9.78 Å². The molecular weight excluding hydrogens is 288 g/mol. The zero-order chi connectivity index (χ0) is 13.5. The molecule has 0 N–H and O–H groups in total. The van der Waals surface area contributed by atoms with Gasteiger partial charge in [-0.25, -0.2) is 0 Å². The zero-order valence-electron chi connectivity index (χ0n) is 11.5. The summed E-state index contributed by atoms with van der Waals surface area (Å²) < 4.78 is 2.94. The zero-order valence-corrected chi connectivity index (χ0v) is 13.1. The SMILES string of the molecule is CC[C@@H](C)c1ccc(Br)cc1.Cc1cnn(C)c1. The average Bonchev–Trinajstić information content (AvgIpc) is 2.74. The number of aryl methyl sites for hydroxylation is 2. The number of rotatable bonds is 2. The van der Waals surface area contributed by atoms with Crippen LogP contribution in [0.4, 0.5) is 0 Å². The largest absolute Gasteiger partial charge is 0.276 e. The fourth-order valence-electron chi connectivity index (χ4n) is 1.57. The number of aromatic nitrogens is 2. The van der Waals surface area contributed by atoms with Crippen molar-refractivity contribution in [2.75, 3.05) is 0 Å². The highest BCUT2D eigenvalue weighted by Gasteiger charge is 2.00. The minimum atomic E-state index is 0.683. The fraction of sp³-hybridized carbons (Fsp3) is 0.400. The van der Waals surface area contributed by atoms with Gasteiger partial charge in [0.05, 0.1) is 6.20 Å². The van der Waals surface area contributed by atoms with Gasteiger partial charge in [-0.3, -0.25) is 4.68 Å². The maximum absolute atomic E-state index is 3.93. The molecule has 1 atom stereocenters. The van der Waals surface area contributed by atoms with E-state index < -0.39 is 0 Å². The summed E-state index contributed by atoms with van der Waals surface area (Å²) in [7, 11) is 1.91. The molecule has 0 spiro atoms. The maximum atomic E-state index is 3.93. The number of benzene rings is 1. The molecule has 3 heteroatoms. The van der Waals surface area contributed by atoms with Crippen LogP contribution in [0.15, 0.2) is 41.1 Å². The Balaban J connectivity index is 0.000000199. The molecule has 0 bridgehead atoms. The Kier molecular flexibility index (Phi) is 6.13. The Bertz CT molecular complexity index is 443. The molecule has 0 fully saturated rings. The normalized spacial score (nSPS) is 11.6. The van der Waals surface area contributed by atoms with Crippen molar-refractivity contribution in [3.05, 3.63) is 52.3 Å². The Morgan fingerprint density at radius 3 is 2.22 bits per heavy atom. The van der Waals surface area contributed by atoms with Gasteiger partial charge in [0.2, 0.25) is 0 Å². The summed E-state index contributed by atoms with van der Waals surface area (Å²) in [5.41, 5.74) is 2.64. The van der Waals surface area contributed by atoms with E-state index >= 15 is 0 Å². The lowest BCUT2D eigenvalue weighted by Crippen LogP contribution is -1.89. The summed E-state index contributed by atoms with van der Waals surface area (Å²) in [6, 6.07) is 8.56. The summed E-state index contributed by atoms with van der Waals surface area (Å²) in [5.74, 6) is 0.683. The molecule has 0 amide bonds. The van der Waals surface area contributed by atoms with Crippen molar-refractivity contribution in [1.29, 1.82) is 0 Å². The molecule has 0 saturated carbocycles. The van der Waals surface area contributed by atoms with Gasteiger partial charge in [-0.15, -0.1) is 0 Å². The summed E-state index contributed by atoms with van der Waals surface area (Å²) >= 11 is 3.42.